The standard InChI is InChI=1S/C20H24N2O2/c1-14(2)13-24-19-11-6-5-9-18(19)22-20(23)12-21-17-10-7-8-15(3)16(17)4/h5-11,21H,1,12-13H2,2-4H3,(H,22,23). The van der Waals surface area contributed by atoms with Crippen LogP contribution < -0.4 is 15.4 Å². The minimum Gasteiger partial charge on any atom is -0.487 e. The van der Waals surface area contributed by atoms with Crippen molar-refractivity contribution in [2.24, 2.45) is 0 Å². The summed E-state index contributed by atoms with van der Waals surface area (Å²) in [6.07, 6.45) is 0. The van der Waals surface area contributed by atoms with Gasteiger partial charge < -0.3 is 15.4 Å². The van der Waals surface area contributed by atoms with Gasteiger partial charge in [-0.1, -0.05) is 30.8 Å². The minimum atomic E-state index is -0.123. The Morgan fingerprint density at radius 3 is 2.54 bits per heavy atom. The van der Waals surface area contributed by atoms with Crippen LogP contribution in [-0.4, -0.2) is 19.1 Å². The zero-order valence-corrected chi connectivity index (χ0v) is 14.5. The highest BCUT2D eigenvalue weighted by atomic mass is 16.5. The lowest BCUT2D eigenvalue weighted by Crippen LogP contribution is -2.22. The van der Waals surface area contributed by atoms with Crippen LogP contribution in [0, 0.1) is 13.8 Å². The Balaban J connectivity index is 1.97. The van der Waals surface area contributed by atoms with Crippen molar-refractivity contribution in [3.8, 4) is 5.75 Å². The number of ether oxygens (including phenoxy) is 1. The molecule has 0 radical (unpaired) electrons. The number of para-hydroxylation sites is 2. The molecule has 1 amide bonds. The smallest absolute Gasteiger partial charge is 0.243 e. The van der Waals surface area contributed by atoms with E-state index in [0.717, 1.165) is 16.8 Å². The van der Waals surface area contributed by atoms with E-state index in [0.29, 0.717) is 18.0 Å². The van der Waals surface area contributed by atoms with E-state index in [-0.39, 0.29) is 12.5 Å². The molecule has 0 heterocycles. The predicted octanol–water partition coefficient (Wildman–Crippen LogP) is 4.31. The Kier molecular flexibility index (Phi) is 6.01. The summed E-state index contributed by atoms with van der Waals surface area (Å²) >= 11 is 0. The van der Waals surface area contributed by atoms with Crippen LogP contribution in [0.4, 0.5) is 11.4 Å². The number of benzene rings is 2. The van der Waals surface area contributed by atoms with Crippen LogP contribution in [0.25, 0.3) is 0 Å². The lowest BCUT2D eigenvalue weighted by Gasteiger charge is -2.14. The third-order valence-electron chi connectivity index (χ3n) is 3.68. The maximum absolute atomic E-state index is 12.2. The van der Waals surface area contributed by atoms with Gasteiger partial charge in [-0.3, -0.25) is 4.79 Å². The number of aryl methyl sites for hydroxylation is 1. The summed E-state index contributed by atoms with van der Waals surface area (Å²) in [4.78, 5) is 12.2. The molecular formula is C20H24N2O2. The quantitative estimate of drug-likeness (QED) is 0.746. The highest BCUT2D eigenvalue weighted by Gasteiger charge is 2.08. The van der Waals surface area contributed by atoms with Gasteiger partial charge >= 0.3 is 0 Å². The molecule has 4 nitrogen and oxygen atoms in total. The minimum absolute atomic E-state index is 0.123. The van der Waals surface area contributed by atoms with E-state index >= 15 is 0 Å². The molecule has 2 aromatic carbocycles. The zero-order chi connectivity index (χ0) is 17.5. The van der Waals surface area contributed by atoms with Gasteiger partial charge in [0.2, 0.25) is 5.91 Å². The van der Waals surface area contributed by atoms with Crippen molar-refractivity contribution in [1.29, 1.82) is 0 Å². The summed E-state index contributed by atoms with van der Waals surface area (Å²) in [7, 11) is 0. The maximum Gasteiger partial charge on any atom is 0.243 e. The molecule has 2 N–H and O–H groups in total. The topological polar surface area (TPSA) is 50.4 Å². The van der Waals surface area contributed by atoms with Gasteiger partial charge in [-0.25, -0.2) is 0 Å². The maximum atomic E-state index is 12.2. The SMILES string of the molecule is C=C(C)COc1ccccc1NC(=O)CNc1cccc(C)c1C. The van der Waals surface area contributed by atoms with Crippen molar-refractivity contribution < 1.29 is 9.53 Å². The van der Waals surface area contributed by atoms with Crippen LogP contribution in [0.2, 0.25) is 0 Å². The van der Waals surface area contributed by atoms with Crippen molar-refractivity contribution in [3.63, 3.8) is 0 Å². The first kappa shape index (κ1) is 17.6. The van der Waals surface area contributed by atoms with E-state index in [4.69, 9.17) is 4.74 Å². The molecule has 0 atom stereocenters. The van der Waals surface area contributed by atoms with Gasteiger partial charge in [-0.15, -0.1) is 0 Å². The van der Waals surface area contributed by atoms with Gasteiger partial charge in [0.25, 0.3) is 0 Å². The van der Waals surface area contributed by atoms with Gasteiger partial charge in [-0.2, -0.15) is 0 Å². The van der Waals surface area contributed by atoms with Crippen molar-refractivity contribution in [2.45, 2.75) is 20.8 Å². The van der Waals surface area contributed by atoms with E-state index in [1.165, 1.54) is 5.56 Å². The summed E-state index contributed by atoms with van der Waals surface area (Å²) in [5.74, 6) is 0.517. The highest BCUT2D eigenvalue weighted by Crippen LogP contribution is 2.24. The molecule has 0 aromatic heterocycles. The second kappa shape index (κ2) is 8.20. The fraction of sp³-hybridized carbons (Fsp3) is 0.250. The van der Waals surface area contributed by atoms with Crippen LogP contribution in [-0.2, 0) is 4.79 Å². The lowest BCUT2D eigenvalue weighted by molar-refractivity contribution is -0.114. The molecule has 0 saturated carbocycles. The number of nitrogens with one attached hydrogen (secondary N) is 2. The molecule has 0 aliphatic heterocycles. The number of rotatable bonds is 7. The third kappa shape index (κ3) is 4.88. The van der Waals surface area contributed by atoms with Crippen LogP contribution in [0.5, 0.6) is 5.75 Å². The second-order valence-corrected chi connectivity index (χ2v) is 5.89. The molecule has 0 fully saturated rings. The van der Waals surface area contributed by atoms with E-state index in [9.17, 15) is 4.79 Å². The van der Waals surface area contributed by atoms with Gasteiger partial charge in [0.15, 0.2) is 0 Å². The Bertz CT molecular complexity index is 738. The largest absolute Gasteiger partial charge is 0.487 e. The summed E-state index contributed by atoms with van der Waals surface area (Å²) in [6, 6.07) is 13.4. The Hall–Kier alpha value is -2.75. The number of carbonyl (C=O) groups is 1. The number of hydrogen-bond donors (Lipinski definition) is 2. The van der Waals surface area contributed by atoms with E-state index < -0.39 is 0 Å². The first-order chi connectivity index (χ1) is 11.5. The average molecular weight is 324 g/mol. The lowest BCUT2D eigenvalue weighted by atomic mass is 10.1. The molecule has 24 heavy (non-hydrogen) atoms. The molecule has 126 valence electrons. The molecule has 0 unspecified atom stereocenters. The molecular weight excluding hydrogens is 300 g/mol. The van der Waals surface area contributed by atoms with Crippen molar-refractivity contribution in [1.82, 2.24) is 0 Å². The Morgan fingerprint density at radius 2 is 1.79 bits per heavy atom. The van der Waals surface area contributed by atoms with Crippen molar-refractivity contribution >= 4 is 17.3 Å². The molecule has 0 aliphatic carbocycles. The second-order valence-electron chi connectivity index (χ2n) is 5.89. The molecule has 0 saturated heterocycles. The molecule has 0 spiro atoms. The van der Waals surface area contributed by atoms with E-state index in [2.05, 4.69) is 30.2 Å². The normalized spacial score (nSPS) is 10.1. The predicted molar refractivity (Wildman–Crippen MR) is 99.8 cm³/mol. The van der Waals surface area contributed by atoms with Gasteiger partial charge in [-0.05, 0) is 55.7 Å². The fourth-order valence-electron chi connectivity index (χ4n) is 2.21. The average Bonchev–Trinajstić information content (AvgIpc) is 2.55. The van der Waals surface area contributed by atoms with Crippen molar-refractivity contribution in [2.75, 3.05) is 23.8 Å². The monoisotopic (exact) mass is 324 g/mol. The molecule has 0 aliphatic rings. The summed E-state index contributed by atoms with van der Waals surface area (Å²) in [5, 5.41) is 6.06. The Morgan fingerprint density at radius 1 is 1.08 bits per heavy atom. The van der Waals surface area contributed by atoms with Crippen LogP contribution >= 0.6 is 0 Å². The number of carbonyl (C=O) groups excluding carboxylic acids is 1. The number of amides is 1. The van der Waals surface area contributed by atoms with Gasteiger partial charge in [0, 0.05) is 5.69 Å². The van der Waals surface area contributed by atoms with E-state index in [1.54, 1.807) is 0 Å². The molecule has 4 heteroatoms. The van der Waals surface area contributed by atoms with Gasteiger partial charge in [0.05, 0.1) is 12.2 Å². The zero-order valence-electron chi connectivity index (χ0n) is 14.5. The van der Waals surface area contributed by atoms with Crippen LogP contribution in [0.3, 0.4) is 0 Å². The summed E-state index contributed by atoms with van der Waals surface area (Å²) < 4.78 is 5.66. The van der Waals surface area contributed by atoms with Crippen LogP contribution in [0.1, 0.15) is 18.1 Å². The van der Waals surface area contributed by atoms with E-state index in [1.807, 2.05) is 50.2 Å². The molecule has 2 rings (SSSR count). The first-order valence-electron chi connectivity index (χ1n) is 7.93. The number of hydrogen-bond acceptors (Lipinski definition) is 3. The highest BCUT2D eigenvalue weighted by molar-refractivity contribution is 5.95. The first-order valence-corrected chi connectivity index (χ1v) is 7.93. The van der Waals surface area contributed by atoms with Crippen LogP contribution in [0.15, 0.2) is 54.6 Å². The van der Waals surface area contributed by atoms with Crippen molar-refractivity contribution in [3.05, 3.63) is 65.7 Å². The summed E-state index contributed by atoms with van der Waals surface area (Å²) in [5.41, 5.74) is 4.89. The number of anilines is 2. The molecule has 0 bridgehead atoms. The Labute approximate surface area is 143 Å². The molecule has 2 aromatic rings. The fourth-order valence-corrected chi connectivity index (χ4v) is 2.21. The third-order valence-corrected chi connectivity index (χ3v) is 3.68. The van der Waals surface area contributed by atoms with Gasteiger partial charge in [0.1, 0.15) is 12.4 Å². The summed E-state index contributed by atoms with van der Waals surface area (Å²) in [6.45, 7) is 10.4.